The van der Waals surface area contributed by atoms with Gasteiger partial charge in [0.2, 0.25) is 0 Å². The summed E-state index contributed by atoms with van der Waals surface area (Å²) in [4.78, 5) is 2.59. The molecule has 2 rings (SSSR count). The Morgan fingerprint density at radius 2 is 2.00 bits per heavy atom. The van der Waals surface area contributed by atoms with Crippen LogP contribution in [0.4, 0.5) is 0 Å². The maximum absolute atomic E-state index is 5.99. The number of nitrogens with zero attached hydrogens (tertiary/aromatic N) is 1. The Morgan fingerprint density at radius 3 is 2.56 bits per heavy atom. The van der Waals surface area contributed by atoms with Crippen LogP contribution in [0.25, 0.3) is 0 Å². The van der Waals surface area contributed by atoms with E-state index < -0.39 is 0 Å². The van der Waals surface area contributed by atoms with Gasteiger partial charge in [-0.2, -0.15) is 0 Å². The van der Waals surface area contributed by atoms with Gasteiger partial charge in [0.1, 0.15) is 0 Å². The van der Waals surface area contributed by atoms with E-state index in [0.717, 1.165) is 19.1 Å². The summed E-state index contributed by atoms with van der Waals surface area (Å²) in [6.07, 6.45) is 6.90. The average molecular weight is 254 g/mol. The van der Waals surface area contributed by atoms with Gasteiger partial charge in [0.25, 0.3) is 0 Å². The molecule has 0 spiro atoms. The van der Waals surface area contributed by atoms with Crippen molar-refractivity contribution in [1.82, 2.24) is 4.90 Å². The molecule has 1 saturated heterocycles. The monoisotopic (exact) mass is 254 g/mol. The molecule has 5 unspecified atom stereocenters. The fourth-order valence-corrected chi connectivity index (χ4v) is 3.94. The molecule has 0 aromatic heterocycles. The van der Waals surface area contributed by atoms with E-state index in [1.54, 1.807) is 0 Å². The standard InChI is InChI=1S/C15H30N2O/c1-4-12-5-6-13(10-16)15(9-12)17(3)14-7-8-18-11(14)2/h11-15H,4-10,16H2,1-3H3. The van der Waals surface area contributed by atoms with Crippen molar-refractivity contribution in [2.24, 2.45) is 17.6 Å². The van der Waals surface area contributed by atoms with Crippen molar-refractivity contribution in [3.05, 3.63) is 0 Å². The van der Waals surface area contributed by atoms with E-state index >= 15 is 0 Å². The fraction of sp³-hybridized carbons (Fsp3) is 1.00. The Labute approximate surface area is 112 Å². The highest BCUT2D eigenvalue weighted by Gasteiger charge is 2.37. The molecule has 3 heteroatoms. The molecule has 0 amide bonds. The maximum atomic E-state index is 5.99. The third-order valence-electron chi connectivity index (χ3n) is 5.33. The highest BCUT2D eigenvalue weighted by atomic mass is 16.5. The normalized spacial score (nSPS) is 41.5. The van der Waals surface area contributed by atoms with Crippen LogP contribution in [0.2, 0.25) is 0 Å². The van der Waals surface area contributed by atoms with Crippen LogP contribution in [0, 0.1) is 11.8 Å². The molecule has 0 aromatic carbocycles. The predicted molar refractivity (Wildman–Crippen MR) is 75.5 cm³/mol. The molecule has 1 aliphatic heterocycles. The van der Waals surface area contributed by atoms with Gasteiger partial charge < -0.3 is 10.5 Å². The molecule has 2 aliphatic rings. The molecule has 5 atom stereocenters. The van der Waals surface area contributed by atoms with Crippen LogP contribution in [-0.4, -0.2) is 43.3 Å². The quantitative estimate of drug-likeness (QED) is 0.836. The molecule has 0 aromatic rings. The van der Waals surface area contributed by atoms with Crippen LogP contribution >= 0.6 is 0 Å². The molecule has 3 nitrogen and oxygen atoms in total. The maximum Gasteiger partial charge on any atom is 0.0703 e. The fourth-order valence-electron chi connectivity index (χ4n) is 3.94. The van der Waals surface area contributed by atoms with Gasteiger partial charge in [-0.05, 0) is 51.6 Å². The van der Waals surface area contributed by atoms with Gasteiger partial charge in [-0.1, -0.05) is 19.8 Å². The lowest BCUT2D eigenvalue weighted by atomic mass is 9.76. The zero-order valence-corrected chi connectivity index (χ0v) is 12.3. The van der Waals surface area contributed by atoms with E-state index in [9.17, 15) is 0 Å². The lowest BCUT2D eigenvalue weighted by molar-refractivity contribution is 0.0297. The van der Waals surface area contributed by atoms with E-state index in [2.05, 4.69) is 25.8 Å². The number of hydrogen-bond donors (Lipinski definition) is 1. The zero-order chi connectivity index (χ0) is 13.1. The van der Waals surface area contributed by atoms with E-state index in [-0.39, 0.29) is 0 Å². The molecule has 18 heavy (non-hydrogen) atoms. The van der Waals surface area contributed by atoms with Crippen molar-refractivity contribution in [1.29, 1.82) is 0 Å². The summed E-state index contributed by atoms with van der Waals surface area (Å²) in [5.74, 6) is 1.59. The Hall–Kier alpha value is -0.120. The number of likely N-dealkylation sites (N-methyl/N-ethyl adjacent to an activating group) is 1. The van der Waals surface area contributed by atoms with Gasteiger partial charge in [-0.3, -0.25) is 4.90 Å². The lowest BCUT2D eigenvalue weighted by Crippen LogP contribution is -2.51. The van der Waals surface area contributed by atoms with Crippen molar-refractivity contribution in [2.45, 2.75) is 64.1 Å². The molecule has 106 valence electrons. The number of nitrogens with two attached hydrogens (primary N) is 1. The first kappa shape index (κ1) is 14.3. The van der Waals surface area contributed by atoms with Gasteiger partial charge in [0.15, 0.2) is 0 Å². The Kier molecular flexibility index (Phi) is 5.05. The van der Waals surface area contributed by atoms with E-state index in [0.29, 0.717) is 24.1 Å². The van der Waals surface area contributed by atoms with Crippen LogP contribution in [0.1, 0.15) is 46.0 Å². The van der Waals surface area contributed by atoms with Gasteiger partial charge in [0, 0.05) is 18.7 Å². The molecule has 2 N–H and O–H groups in total. The van der Waals surface area contributed by atoms with Crippen molar-refractivity contribution >= 4 is 0 Å². The summed E-state index contributed by atoms with van der Waals surface area (Å²) < 4.78 is 5.73. The summed E-state index contributed by atoms with van der Waals surface area (Å²) in [5.41, 5.74) is 5.99. The molecule has 1 saturated carbocycles. The van der Waals surface area contributed by atoms with Gasteiger partial charge in [-0.25, -0.2) is 0 Å². The second-order valence-corrected chi connectivity index (χ2v) is 6.25. The zero-order valence-electron chi connectivity index (χ0n) is 12.3. The molecule has 1 heterocycles. The van der Waals surface area contributed by atoms with Gasteiger partial charge in [-0.15, -0.1) is 0 Å². The van der Waals surface area contributed by atoms with Crippen molar-refractivity contribution in [2.75, 3.05) is 20.2 Å². The second-order valence-electron chi connectivity index (χ2n) is 6.25. The van der Waals surface area contributed by atoms with Crippen molar-refractivity contribution in [3.63, 3.8) is 0 Å². The van der Waals surface area contributed by atoms with Crippen LogP contribution in [0.3, 0.4) is 0 Å². The predicted octanol–water partition coefficient (Wildman–Crippen LogP) is 2.25. The van der Waals surface area contributed by atoms with Crippen LogP contribution < -0.4 is 5.73 Å². The minimum absolute atomic E-state index is 0.385. The minimum Gasteiger partial charge on any atom is -0.377 e. The van der Waals surface area contributed by atoms with Crippen LogP contribution in [0.15, 0.2) is 0 Å². The molecule has 1 aliphatic carbocycles. The van der Waals surface area contributed by atoms with Crippen LogP contribution in [-0.2, 0) is 4.74 Å². The molecule has 0 bridgehead atoms. The summed E-state index contributed by atoms with van der Waals surface area (Å²) in [5, 5.41) is 0. The first-order valence-corrected chi connectivity index (χ1v) is 7.71. The number of rotatable bonds is 4. The third-order valence-corrected chi connectivity index (χ3v) is 5.33. The summed E-state index contributed by atoms with van der Waals surface area (Å²) in [7, 11) is 2.29. The molecular weight excluding hydrogens is 224 g/mol. The summed E-state index contributed by atoms with van der Waals surface area (Å²) >= 11 is 0. The SMILES string of the molecule is CCC1CCC(CN)C(N(C)C2CCOC2C)C1. The van der Waals surface area contributed by atoms with Crippen molar-refractivity contribution in [3.8, 4) is 0 Å². The largest absolute Gasteiger partial charge is 0.377 e. The Bertz CT molecular complexity index is 259. The smallest absolute Gasteiger partial charge is 0.0703 e. The number of hydrogen-bond acceptors (Lipinski definition) is 3. The van der Waals surface area contributed by atoms with Gasteiger partial charge >= 0.3 is 0 Å². The summed E-state index contributed by atoms with van der Waals surface area (Å²) in [6, 6.07) is 1.27. The van der Waals surface area contributed by atoms with E-state index in [1.807, 2.05) is 0 Å². The lowest BCUT2D eigenvalue weighted by Gasteiger charge is -2.43. The van der Waals surface area contributed by atoms with Gasteiger partial charge in [0.05, 0.1) is 6.10 Å². The number of ether oxygens (including phenoxy) is 1. The van der Waals surface area contributed by atoms with E-state index in [1.165, 1.54) is 32.1 Å². The highest BCUT2D eigenvalue weighted by molar-refractivity contribution is 4.91. The first-order chi connectivity index (χ1) is 8.67. The molecule has 0 radical (unpaired) electrons. The third kappa shape index (κ3) is 2.89. The Morgan fingerprint density at radius 1 is 1.22 bits per heavy atom. The second kappa shape index (κ2) is 6.36. The average Bonchev–Trinajstić information content (AvgIpc) is 2.83. The van der Waals surface area contributed by atoms with E-state index in [4.69, 9.17) is 10.5 Å². The topological polar surface area (TPSA) is 38.5 Å². The van der Waals surface area contributed by atoms with Crippen LogP contribution in [0.5, 0.6) is 0 Å². The summed E-state index contributed by atoms with van der Waals surface area (Å²) in [6.45, 7) is 6.30. The molecular formula is C15H30N2O. The minimum atomic E-state index is 0.385. The van der Waals surface area contributed by atoms with Crippen molar-refractivity contribution < 1.29 is 4.74 Å². The molecule has 2 fully saturated rings. The first-order valence-electron chi connectivity index (χ1n) is 7.71. The highest BCUT2D eigenvalue weighted by Crippen LogP contribution is 2.35. The Balaban J connectivity index is 2.02.